The molecule has 0 aliphatic rings. The highest BCUT2D eigenvalue weighted by Crippen LogP contribution is 2.39. The van der Waals surface area contributed by atoms with Gasteiger partial charge in [0, 0.05) is 10.8 Å². The molecule has 0 saturated heterocycles. The van der Waals surface area contributed by atoms with Gasteiger partial charge in [-0.1, -0.05) is 24.3 Å². The van der Waals surface area contributed by atoms with E-state index >= 15 is 0 Å². The van der Waals surface area contributed by atoms with Crippen molar-refractivity contribution in [3.05, 3.63) is 144 Å². The molecule has 0 aliphatic heterocycles. The number of aromatic hydroxyl groups is 2. The number of nitrogens with zero attached hydrogens (tertiary/aromatic N) is 8. The van der Waals surface area contributed by atoms with Crippen molar-refractivity contribution in [3.8, 4) is 17.2 Å². The number of ether oxygens (including phenoxy) is 1. The molecule has 0 aromatic heterocycles. The summed E-state index contributed by atoms with van der Waals surface area (Å²) >= 11 is 0. The Balaban J connectivity index is 1.04. The molecular weight excluding hydrogens is 701 g/mol. The van der Waals surface area contributed by atoms with E-state index in [-0.39, 0.29) is 11.5 Å². The molecule has 11 heteroatoms. The van der Waals surface area contributed by atoms with Crippen LogP contribution in [0.3, 0.4) is 0 Å². The molecular formula is C45H38N8O3. The monoisotopic (exact) mass is 738 g/mol. The zero-order chi connectivity index (χ0) is 39.2. The molecule has 7 aromatic rings. The first-order chi connectivity index (χ1) is 27.1. The number of aryl methyl sites for hydroxylation is 4. The number of benzene rings is 7. The zero-order valence-electron chi connectivity index (χ0n) is 31.3. The molecule has 7 aromatic carbocycles. The van der Waals surface area contributed by atoms with Crippen LogP contribution in [0.25, 0.3) is 21.5 Å². The van der Waals surface area contributed by atoms with E-state index in [9.17, 15) is 10.2 Å². The molecule has 2 N–H and O–H groups in total. The van der Waals surface area contributed by atoms with Gasteiger partial charge in [-0.3, -0.25) is 0 Å². The van der Waals surface area contributed by atoms with Gasteiger partial charge >= 0.3 is 0 Å². The van der Waals surface area contributed by atoms with E-state index in [2.05, 4.69) is 40.9 Å². The Kier molecular flexibility index (Phi) is 10.9. The highest BCUT2D eigenvalue weighted by Gasteiger charge is 2.10. The Labute approximate surface area is 324 Å². The summed E-state index contributed by atoms with van der Waals surface area (Å²) in [5.41, 5.74) is 8.67. The zero-order valence-corrected chi connectivity index (χ0v) is 31.3. The number of phenols is 2. The van der Waals surface area contributed by atoms with Gasteiger partial charge in [-0.2, -0.15) is 35.8 Å². The molecule has 0 aliphatic carbocycles. The van der Waals surface area contributed by atoms with Gasteiger partial charge in [-0.05, 0) is 165 Å². The van der Waals surface area contributed by atoms with Crippen molar-refractivity contribution in [2.75, 3.05) is 6.61 Å². The summed E-state index contributed by atoms with van der Waals surface area (Å²) in [6.07, 6.45) is 0.437. The predicted octanol–water partition coefficient (Wildman–Crippen LogP) is 14.8. The van der Waals surface area contributed by atoms with Crippen molar-refractivity contribution in [1.82, 2.24) is 0 Å². The van der Waals surface area contributed by atoms with Crippen molar-refractivity contribution >= 4 is 67.0 Å². The van der Waals surface area contributed by atoms with Crippen LogP contribution < -0.4 is 4.74 Å². The van der Waals surface area contributed by atoms with E-state index in [0.717, 1.165) is 55.5 Å². The lowest BCUT2D eigenvalue weighted by Crippen LogP contribution is -1.95. The molecule has 0 heterocycles. The van der Waals surface area contributed by atoms with E-state index in [4.69, 9.17) is 11.7 Å². The van der Waals surface area contributed by atoms with Crippen LogP contribution in [0.15, 0.2) is 156 Å². The summed E-state index contributed by atoms with van der Waals surface area (Å²) in [5.74, 6) is 0.945. The second kappa shape index (κ2) is 16.5. The third-order valence-corrected chi connectivity index (χ3v) is 9.12. The van der Waals surface area contributed by atoms with Crippen LogP contribution in [-0.4, -0.2) is 16.8 Å². The Bertz CT molecular complexity index is 2700. The van der Waals surface area contributed by atoms with Crippen molar-refractivity contribution in [2.45, 2.75) is 34.1 Å². The maximum absolute atomic E-state index is 11.0. The molecule has 0 fully saturated rings. The molecule has 0 atom stereocenters. The summed E-state index contributed by atoms with van der Waals surface area (Å²) in [5, 5.41) is 59.5. The van der Waals surface area contributed by atoms with Crippen LogP contribution in [0.5, 0.6) is 17.2 Å². The number of azo groups is 4. The molecule has 56 heavy (non-hydrogen) atoms. The minimum Gasteiger partial charge on any atom is -0.508 e. The van der Waals surface area contributed by atoms with Crippen LogP contribution in [0.2, 0.25) is 0 Å². The number of hydrogen-bond acceptors (Lipinski definition) is 11. The van der Waals surface area contributed by atoms with E-state index < -0.39 is 0 Å². The fraction of sp³-hybridized carbons (Fsp3) is 0.133. The van der Waals surface area contributed by atoms with Gasteiger partial charge in [-0.15, -0.1) is 5.11 Å². The van der Waals surface area contributed by atoms with E-state index in [0.29, 0.717) is 52.5 Å². The Morgan fingerprint density at radius 1 is 0.464 bits per heavy atom. The highest BCUT2D eigenvalue weighted by atomic mass is 16.5. The minimum absolute atomic E-state index is 0.0163. The van der Waals surface area contributed by atoms with Crippen LogP contribution in [-0.2, 0) is 0 Å². The number of rotatable bonds is 11. The topological polar surface area (TPSA) is 149 Å². The van der Waals surface area contributed by atoms with Crippen molar-refractivity contribution in [1.29, 1.82) is 0 Å². The van der Waals surface area contributed by atoms with Crippen molar-refractivity contribution < 1.29 is 14.9 Å². The third-order valence-electron chi connectivity index (χ3n) is 9.12. The van der Waals surface area contributed by atoms with Crippen LogP contribution in [0, 0.1) is 34.6 Å². The smallest absolute Gasteiger partial charge is 0.150 e. The number of phenolic OH excluding ortho intramolecular Hbond substituents is 2. The lowest BCUT2D eigenvalue weighted by atomic mass is 10.1. The molecule has 2 radical (unpaired) electrons. The lowest BCUT2D eigenvalue weighted by Gasteiger charge is -2.09. The van der Waals surface area contributed by atoms with Crippen LogP contribution in [0.4, 0.5) is 45.5 Å². The first kappa shape index (κ1) is 37.2. The molecule has 0 amide bonds. The normalized spacial score (nSPS) is 12.0. The van der Waals surface area contributed by atoms with Crippen LogP contribution in [0.1, 0.15) is 28.7 Å². The standard InChI is InChI=1S/C45H38N8O3/c1-6-20-56-44-9-7-8-31-10-12-35(26-38(31)44)48-50-40-21-28(3)42(22-27(40)2)52-53-43-24-29(4)41(23-30(43)5)51-49-39-19-11-32-25-34(15-18-37(32)45(39)55)47-46-33-13-16-36(54)17-14-33/h1,7-19,21-26,54-55H,6,20H2,2-5H3. The molecule has 11 nitrogen and oxygen atoms in total. The minimum atomic E-state index is 0.0163. The summed E-state index contributed by atoms with van der Waals surface area (Å²) in [7, 11) is 0. The maximum atomic E-state index is 11.0. The fourth-order valence-corrected chi connectivity index (χ4v) is 5.99. The van der Waals surface area contributed by atoms with Gasteiger partial charge in [0.25, 0.3) is 0 Å². The molecule has 0 spiro atoms. The summed E-state index contributed by atoms with van der Waals surface area (Å²) in [4.78, 5) is 0. The second-order valence-electron chi connectivity index (χ2n) is 13.3. The van der Waals surface area contributed by atoms with E-state index in [1.807, 2.05) is 100 Å². The summed E-state index contributed by atoms with van der Waals surface area (Å²) in [6, 6.07) is 34.9. The van der Waals surface area contributed by atoms with Gasteiger partial charge in [0.1, 0.15) is 17.2 Å². The predicted molar refractivity (Wildman–Crippen MR) is 221 cm³/mol. The van der Waals surface area contributed by atoms with Crippen molar-refractivity contribution in [3.63, 3.8) is 0 Å². The molecule has 276 valence electrons. The highest BCUT2D eigenvalue weighted by molar-refractivity contribution is 5.94. The van der Waals surface area contributed by atoms with Crippen molar-refractivity contribution in [2.24, 2.45) is 40.9 Å². The van der Waals surface area contributed by atoms with E-state index in [1.54, 1.807) is 42.5 Å². The Morgan fingerprint density at radius 3 is 1.59 bits per heavy atom. The largest absolute Gasteiger partial charge is 0.508 e. The van der Waals surface area contributed by atoms with Crippen LogP contribution >= 0.6 is 0 Å². The number of hydrogen-bond donors (Lipinski definition) is 2. The van der Waals surface area contributed by atoms with Gasteiger partial charge in [-0.25, -0.2) is 0 Å². The fourth-order valence-electron chi connectivity index (χ4n) is 5.99. The van der Waals surface area contributed by atoms with Gasteiger partial charge in [0.05, 0.1) is 46.4 Å². The second-order valence-corrected chi connectivity index (χ2v) is 13.3. The third kappa shape index (κ3) is 8.47. The molecule has 0 bridgehead atoms. The first-order valence-electron chi connectivity index (χ1n) is 17.9. The Hall–Kier alpha value is -7.14. The lowest BCUT2D eigenvalue weighted by molar-refractivity contribution is 0.328. The average Bonchev–Trinajstić information content (AvgIpc) is 3.20. The Morgan fingerprint density at radius 2 is 0.964 bits per heavy atom. The molecule has 7 rings (SSSR count). The molecule has 0 saturated carbocycles. The summed E-state index contributed by atoms with van der Waals surface area (Å²) < 4.78 is 5.83. The average molecular weight is 739 g/mol. The molecule has 0 unspecified atom stereocenters. The summed E-state index contributed by atoms with van der Waals surface area (Å²) in [6.45, 7) is 13.9. The maximum Gasteiger partial charge on any atom is 0.150 e. The van der Waals surface area contributed by atoms with Gasteiger partial charge in [0.2, 0.25) is 0 Å². The van der Waals surface area contributed by atoms with Gasteiger partial charge < -0.3 is 14.9 Å². The number of fused-ring (bicyclic) bond motifs is 2. The quantitative estimate of drug-likeness (QED) is 0.127. The van der Waals surface area contributed by atoms with Gasteiger partial charge in [0.15, 0.2) is 5.75 Å². The van der Waals surface area contributed by atoms with E-state index in [1.165, 1.54) is 0 Å². The SMILES string of the molecule is [CH]CCOc1cccc2ccc(N=Nc3cc(C)c(N=Nc4cc(C)c(N=Nc5ccc6cc(N=Nc7ccc(O)cc7)ccc6c5O)cc4C)cc3C)cc12. The first-order valence-corrected chi connectivity index (χ1v) is 17.9.